The first kappa shape index (κ1) is 9.97. The van der Waals surface area contributed by atoms with Crippen LogP contribution in [0.3, 0.4) is 0 Å². The number of hydrogen-bond donors (Lipinski definition) is 3. The van der Waals surface area contributed by atoms with Crippen LogP contribution in [0.5, 0.6) is 0 Å². The molecule has 82 valence electrons. The van der Waals surface area contributed by atoms with Crippen molar-refractivity contribution in [3.05, 3.63) is 6.07 Å². The van der Waals surface area contributed by atoms with Crippen LogP contribution in [0.4, 0.5) is 17.6 Å². The first-order valence-corrected chi connectivity index (χ1v) is 4.94. The molecule has 1 atom stereocenters. The molecule has 0 amide bonds. The van der Waals surface area contributed by atoms with Crippen LogP contribution in [0.2, 0.25) is 0 Å². The summed E-state index contributed by atoms with van der Waals surface area (Å²) in [6.07, 6.45) is 0.512. The smallest absolute Gasteiger partial charge is 0.223 e. The van der Waals surface area contributed by atoms with Gasteiger partial charge in [-0.1, -0.05) is 0 Å². The summed E-state index contributed by atoms with van der Waals surface area (Å²) >= 11 is 0. The Morgan fingerprint density at radius 3 is 3.00 bits per heavy atom. The molecular formula is C9H15N5O. The van der Waals surface area contributed by atoms with Crippen LogP contribution >= 0.6 is 0 Å². The van der Waals surface area contributed by atoms with Crippen LogP contribution < -0.4 is 16.0 Å². The zero-order valence-corrected chi connectivity index (χ0v) is 8.64. The maximum Gasteiger partial charge on any atom is 0.223 e. The highest BCUT2D eigenvalue weighted by Crippen LogP contribution is 2.21. The van der Waals surface area contributed by atoms with Gasteiger partial charge in [0.05, 0.1) is 6.10 Å². The lowest BCUT2D eigenvalue weighted by molar-refractivity contribution is 0.198. The van der Waals surface area contributed by atoms with Gasteiger partial charge in [0.1, 0.15) is 11.6 Å². The molecule has 0 unspecified atom stereocenters. The van der Waals surface area contributed by atoms with Crippen molar-refractivity contribution in [1.29, 1.82) is 0 Å². The minimum absolute atomic E-state index is 0.248. The Bertz CT molecular complexity index is 356. The molecule has 1 aliphatic heterocycles. The van der Waals surface area contributed by atoms with Gasteiger partial charge in [-0.15, -0.1) is 0 Å². The molecule has 4 N–H and O–H groups in total. The molecule has 15 heavy (non-hydrogen) atoms. The maximum absolute atomic E-state index is 9.42. The van der Waals surface area contributed by atoms with Gasteiger partial charge in [-0.05, 0) is 6.42 Å². The number of nitrogen functional groups attached to an aromatic ring is 1. The van der Waals surface area contributed by atoms with Crippen molar-refractivity contribution in [2.45, 2.75) is 12.5 Å². The Kier molecular flexibility index (Phi) is 2.59. The number of aromatic nitrogens is 2. The van der Waals surface area contributed by atoms with E-state index < -0.39 is 0 Å². The molecular weight excluding hydrogens is 194 g/mol. The standard InChI is InChI=1S/C9H15N5O/c1-11-7-4-8(13-9(10)12-7)14-3-2-6(15)5-14/h4,6,15H,2-3,5H2,1H3,(H3,10,11,12,13)/t6-/m0/s1. The van der Waals surface area contributed by atoms with Crippen molar-refractivity contribution in [3.8, 4) is 0 Å². The summed E-state index contributed by atoms with van der Waals surface area (Å²) in [5, 5.41) is 12.3. The molecule has 1 fully saturated rings. The lowest BCUT2D eigenvalue weighted by atomic mass is 10.3. The Labute approximate surface area is 88.1 Å². The summed E-state index contributed by atoms with van der Waals surface area (Å²) in [6, 6.07) is 1.83. The van der Waals surface area contributed by atoms with Crippen LogP contribution in [0.25, 0.3) is 0 Å². The highest BCUT2D eigenvalue weighted by atomic mass is 16.3. The topological polar surface area (TPSA) is 87.3 Å². The van der Waals surface area contributed by atoms with E-state index in [1.165, 1.54) is 0 Å². The number of hydrogen-bond acceptors (Lipinski definition) is 6. The van der Waals surface area contributed by atoms with Crippen molar-refractivity contribution >= 4 is 17.6 Å². The second-order valence-corrected chi connectivity index (χ2v) is 3.61. The summed E-state index contributed by atoms with van der Waals surface area (Å²) < 4.78 is 0. The number of rotatable bonds is 2. The number of nitrogens with zero attached hydrogens (tertiary/aromatic N) is 3. The highest BCUT2D eigenvalue weighted by molar-refractivity contribution is 5.52. The Hall–Kier alpha value is -1.56. The number of nitrogens with one attached hydrogen (secondary N) is 1. The van der Waals surface area contributed by atoms with E-state index in [-0.39, 0.29) is 12.1 Å². The van der Waals surface area contributed by atoms with Gasteiger partial charge in [-0.2, -0.15) is 9.97 Å². The minimum atomic E-state index is -0.265. The average molecular weight is 209 g/mol. The number of aliphatic hydroxyl groups excluding tert-OH is 1. The molecule has 1 aromatic heterocycles. The molecule has 0 aromatic carbocycles. The molecule has 0 bridgehead atoms. The third-order valence-corrected chi connectivity index (χ3v) is 2.47. The van der Waals surface area contributed by atoms with Gasteiger partial charge in [-0.3, -0.25) is 0 Å². The van der Waals surface area contributed by atoms with E-state index in [4.69, 9.17) is 5.73 Å². The monoisotopic (exact) mass is 209 g/mol. The van der Waals surface area contributed by atoms with E-state index in [1.54, 1.807) is 7.05 Å². The third kappa shape index (κ3) is 2.10. The number of β-amino-alcohol motifs (C(OH)–C–C–N with tert-alkyl or cyclic N) is 1. The van der Waals surface area contributed by atoms with Gasteiger partial charge < -0.3 is 21.1 Å². The average Bonchev–Trinajstić information content (AvgIpc) is 2.64. The summed E-state index contributed by atoms with van der Waals surface area (Å²) in [6.45, 7) is 1.42. The van der Waals surface area contributed by atoms with Crippen LogP contribution in [-0.2, 0) is 0 Å². The molecule has 0 aliphatic carbocycles. The fourth-order valence-electron chi connectivity index (χ4n) is 1.69. The first-order chi connectivity index (χ1) is 7.19. The molecule has 1 saturated heterocycles. The van der Waals surface area contributed by atoms with Crippen molar-refractivity contribution in [1.82, 2.24) is 9.97 Å². The van der Waals surface area contributed by atoms with E-state index in [0.717, 1.165) is 18.8 Å². The third-order valence-electron chi connectivity index (χ3n) is 2.47. The lowest BCUT2D eigenvalue weighted by Gasteiger charge is -2.17. The van der Waals surface area contributed by atoms with Crippen molar-refractivity contribution < 1.29 is 5.11 Å². The molecule has 0 saturated carbocycles. The molecule has 6 heteroatoms. The summed E-state index contributed by atoms with van der Waals surface area (Å²) in [5.74, 6) is 1.71. The highest BCUT2D eigenvalue weighted by Gasteiger charge is 2.21. The minimum Gasteiger partial charge on any atom is -0.391 e. The Balaban J connectivity index is 2.24. The maximum atomic E-state index is 9.42. The van der Waals surface area contributed by atoms with E-state index in [1.807, 2.05) is 11.0 Å². The largest absolute Gasteiger partial charge is 0.391 e. The van der Waals surface area contributed by atoms with E-state index in [0.29, 0.717) is 12.4 Å². The van der Waals surface area contributed by atoms with E-state index in [2.05, 4.69) is 15.3 Å². The van der Waals surface area contributed by atoms with Gasteiger partial charge in [0, 0.05) is 26.2 Å². The molecule has 2 heterocycles. The van der Waals surface area contributed by atoms with Crippen LogP contribution in [0.15, 0.2) is 6.07 Å². The van der Waals surface area contributed by atoms with Crippen LogP contribution in [0.1, 0.15) is 6.42 Å². The molecule has 2 rings (SSSR count). The number of anilines is 3. The second-order valence-electron chi connectivity index (χ2n) is 3.61. The first-order valence-electron chi connectivity index (χ1n) is 4.94. The van der Waals surface area contributed by atoms with Gasteiger partial charge in [0.25, 0.3) is 0 Å². The van der Waals surface area contributed by atoms with Crippen molar-refractivity contribution in [3.63, 3.8) is 0 Å². The van der Waals surface area contributed by atoms with Crippen LogP contribution in [0, 0.1) is 0 Å². The van der Waals surface area contributed by atoms with Crippen molar-refractivity contribution in [2.24, 2.45) is 0 Å². The SMILES string of the molecule is CNc1cc(N2CC[C@H](O)C2)nc(N)n1. The zero-order valence-electron chi connectivity index (χ0n) is 8.64. The summed E-state index contributed by atoms with van der Waals surface area (Å²) in [5.41, 5.74) is 5.59. The number of nitrogens with two attached hydrogens (primary N) is 1. The molecule has 1 aromatic rings. The normalized spacial score (nSPS) is 20.7. The molecule has 6 nitrogen and oxygen atoms in total. The zero-order chi connectivity index (χ0) is 10.8. The Morgan fingerprint density at radius 1 is 1.60 bits per heavy atom. The van der Waals surface area contributed by atoms with Gasteiger partial charge in [-0.25, -0.2) is 0 Å². The van der Waals surface area contributed by atoms with E-state index in [9.17, 15) is 5.11 Å². The lowest BCUT2D eigenvalue weighted by Crippen LogP contribution is -2.23. The van der Waals surface area contributed by atoms with Crippen LogP contribution in [-0.4, -0.2) is 41.3 Å². The van der Waals surface area contributed by atoms with Crippen molar-refractivity contribution in [2.75, 3.05) is 36.1 Å². The second kappa shape index (κ2) is 3.90. The van der Waals surface area contributed by atoms with E-state index >= 15 is 0 Å². The van der Waals surface area contributed by atoms with Gasteiger partial charge in [0.2, 0.25) is 5.95 Å². The molecule has 1 aliphatic rings. The summed E-state index contributed by atoms with van der Waals surface area (Å²) in [4.78, 5) is 10.2. The quantitative estimate of drug-likeness (QED) is 0.618. The van der Waals surface area contributed by atoms with Gasteiger partial charge in [0.15, 0.2) is 0 Å². The predicted molar refractivity (Wildman–Crippen MR) is 58.8 cm³/mol. The summed E-state index contributed by atoms with van der Waals surface area (Å²) in [7, 11) is 1.78. The van der Waals surface area contributed by atoms with Gasteiger partial charge >= 0.3 is 0 Å². The Morgan fingerprint density at radius 2 is 2.40 bits per heavy atom. The number of aliphatic hydroxyl groups is 1. The predicted octanol–water partition coefficient (Wildman–Crippen LogP) is -0.329. The molecule has 0 radical (unpaired) electrons. The fraction of sp³-hybridized carbons (Fsp3) is 0.556. The fourth-order valence-corrected chi connectivity index (χ4v) is 1.69. The molecule has 0 spiro atoms.